The minimum absolute atomic E-state index is 0.246. The fourth-order valence-electron chi connectivity index (χ4n) is 0.560. The summed E-state index contributed by atoms with van der Waals surface area (Å²) in [7, 11) is 0. The Hall–Kier alpha value is -1.70. The van der Waals surface area contributed by atoms with Gasteiger partial charge in [0.2, 0.25) is 0 Å². The predicted octanol–water partition coefficient (Wildman–Crippen LogP) is 0.381. The van der Waals surface area contributed by atoms with Crippen LogP contribution in [0.4, 0.5) is 5.95 Å². The molecule has 5 nitrogen and oxygen atoms in total. The lowest BCUT2D eigenvalue weighted by molar-refractivity contribution is 0.905. The lowest BCUT2D eigenvalue weighted by Crippen LogP contribution is -2.01. The first-order valence-corrected chi connectivity index (χ1v) is 3.07. The summed E-state index contributed by atoms with van der Waals surface area (Å²) < 4.78 is 0. The van der Waals surface area contributed by atoms with Crippen molar-refractivity contribution >= 4 is 5.95 Å². The molecule has 11 heavy (non-hydrogen) atoms. The van der Waals surface area contributed by atoms with Crippen LogP contribution in [0.5, 0.6) is 0 Å². The van der Waals surface area contributed by atoms with Crippen molar-refractivity contribution in [1.82, 2.24) is 15.2 Å². The van der Waals surface area contributed by atoms with Gasteiger partial charge in [-0.2, -0.15) is 10.4 Å². The Balaban J connectivity index is 2.98. The van der Waals surface area contributed by atoms with E-state index >= 15 is 0 Å². The standard InChI is InChI=1S/C6H7N5/c1-4-5(2)10-11-6(9-4)8-3-7/h1-2H3,(H,8,9,11). The van der Waals surface area contributed by atoms with Crippen molar-refractivity contribution in [3.8, 4) is 6.19 Å². The van der Waals surface area contributed by atoms with Crippen LogP contribution in [0.1, 0.15) is 11.4 Å². The lowest BCUT2D eigenvalue weighted by atomic mass is 10.4. The molecule has 0 radical (unpaired) electrons. The Morgan fingerprint density at radius 1 is 1.27 bits per heavy atom. The molecule has 1 heterocycles. The predicted molar refractivity (Wildman–Crippen MR) is 38.5 cm³/mol. The van der Waals surface area contributed by atoms with Crippen LogP contribution in [0, 0.1) is 25.3 Å². The Morgan fingerprint density at radius 3 is 2.55 bits per heavy atom. The van der Waals surface area contributed by atoms with Crippen molar-refractivity contribution in [2.45, 2.75) is 13.8 Å². The second-order valence-corrected chi connectivity index (χ2v) is 2.04. The summed E-state index contributed by atoms with van der Waals surface area (Å²) in [5.41, 5.74) is 1.55. The third kappa shape index (κ3) is 1.61. The highest BCUT2D eigenvalue weighted by Gasteiger charge is 1.98. The summed E-state index contributed by atoms with van der Waals surface area (Å²) in [5.74, 6) is 0.246. The summed E-state index contributed by atoms with van der Waals surface area (Å²) >= 11 is 0. The summed E-state index contributed by atoms with van der Waals surface area (Å²) in [6.07, 6.45) is 1.72. The Morgan fingerprint density at radius 2 is 2.00 bits per heavy atom. The van der Waals surface area contributed by atoms with E-state index in [0.29, 0.717) is 0 Å². The Labute approximate surface area is 64.1 Å². The molecule has 0 aliphatic rings. The monoisotopic (exact) mass is 149 g/mol. The molecule has 0 atom stereocenters. The molecule has 0 spiro atoms. The zero-order chi connectivity index (χ0) is 8.27. The van der Waals surface area contributed by atoms with Crippen LogP contribution in [-0.4, -0.2) is 15.2 Å². The van der Waals surface area contributed by atoms with Gasteiger partial charge in [0.15, 0.2) is 6.19 Å². The minimum Gasteiger partial charge on any atom is -0.259 e. The molecule has 0 unspecified atom stereocenters. The van der Waals surface area contributed by atoms with Crippen LogP contribution in [0.25, 0.3) is 0 Å². The number of nitrogens with one attached hydrogen (secondary N) is 1. The molecule has 1 aromatic heterocycles. The van der Waals surface area contributed by atoms with Crippen molar-refractivity contribution in [2.24, 2.45) is 0 Å². The molecule has 1 rings (SSSR count). The van der Waals surface area contributed by atoms with Gasteiger partial charge in [0.1, 0.15) is 0 Å². The first-order valence-electron chi connectivity index (χ1n) is 3.07. The number of nitriles is 1. The SMILES string of the molecule is Cc1nnc(NC#N)nc1C. The van der Waals surface area contributed by atoms with Crippen molar-refractivity contribution in [2.75, 3.05) is 5.32 Å². The number of aryl methyl sites for hydroxylation is 2. The molecule has 1 aromatic rings. The number of nitrogens with zero attached hydrogens (tertiary/aromatic N) is 4. The van der Waals surface area contributed by atoms with Crippen LogP contribution in [0.2, 0.25) is 0 Å². The second kappa shape index (κ2) is 2.92. The Bertz CT molecular complexity index is 300. The highest BCUT2D eigenvalue weighted by atomic mass is 15.2. The van der Waals surface area contributed by atoms with Gasteiger partial charge in [0.25, 0.3) is 5.95 Å². The molecular formula is C6H7N5. The van der Waals surface area contributed by atoms with Gasteiger partial charge in [-0.3, -0.25) is 5.32 Å². The minimum atomic E-state index is 0.246. The molecule has 0 bridgehead atoms. The second-order valence-electron chi connectivity index (χ2n) is 2.04. The fourth-order valence-corrected chi connectivity index (χ4v) is 0.560. The molecule has 0 amide bonds. The van der Waals surface area contributed by atoms with Crippen molar-refractivity contribution in [3.05, 3.63) is 11.4 Å². The fraction of sp³-hybridized carbons (Fsp3) is 0.333. The number of anilines is 1. The smallest absolute Gasteiger partial charge is 0.256 e. The summed E-state index contributed by atoms with van der Waals surface area (Å²) in [6, 6.07) is 0. The van der Waals surface area contributed by atoms with E-state index in [1.54, 1.807) is 6.19 Å². The maximum Gasteiger partial charge on any atom is 0.256 e. The van der Waals surface area contributed by atoms with Crippen LogP contribution in [0.3, 0.4) is 0 Å². The number of aromatic nitrogens is 3. The maximum absolute atomic E-state index is 8.21. The highest BCUT2D eigenvalue weighted by Crippen LogP contribution is 2.00. The summed E-state index contributed by atoms with van der Waals surface area (Å²) in [4.78, 5) is 3.96. The first kappa shape index (κ1) is 7.41. The molecule has 0 fully saturated rings. The van der Waals surface area contributed by atoms with E-state index in [-0.39, 0.29) is 5.95 Å². The summed E-state index contributed by atoms with van der Waals surface area (Å²) in [5, 5.41) is 17.9. The van der Waals surface area contributed by atoms with Gasteiger partial charge in [0.05, 0.1) is 11.4 Å². The van der Waals surface area contributed by atoms with Gasteiger partial charge in [-0.1, -0.05) is 0 Å². The Kier molecular flexibility index (Phi) is 1.97. The van der Waals surface area contributed by atoms with E-state index in [2.05, 4.69) is 20.5 Å². The molecule has 0 aromatic carbocycles. The normalized spacial score (nSPS) is 8.82. The van der Waals surface area contributed by atoms with Crippen LogP contribution >= 0.6 is 0 Å². The third-order valence-electron chi connectivity index (χ3n) is 1.26. The average molecular weight is 149 g/mol. The molecule has 0 saturated heterocycles. The molecule has 5 heteroatoms. The van der Waals surface area contributed by atoms with Crippen LogP contribution in [0.15, 0.2) is 0 Å². The number of hydrogen-bond acceptors (Lipinski definition) is 5. The van der Waals surface area contributed by atoms with Crippen LogP contribution in [-0.2, 0) is 0 Å². The largest absolute Gasteiger partial charge is 0.259 e. The van der Waals surface area contributed by atoms with Gasteiger partial charge in [-0.05, 0) is 13.8 Å². The van der Waals surface area contributed by atoms with Gasteiger partial charge < -0.3 is 0 Å². The van der Waals surface area contributed by atoms with E-state index in [1.807, 2.05) is 13.8 Å². The molecule has 1 N–H and O–H groups in total. The van der Waals surface area contributed by atoms with E-state index in [0.717, 1.165) is 11.4 Å². The van der Waals surface area contributed by atoms with E-state index in [4.69, 9.17) is 5.26 Å². The van der Waals surface area contributed by atoms with Gasteiger partial charge in [-0.25, -0.2) is 4.98 Å². The molecule has 0 aliphatic carbocycles. The van der Waals surface area contributed by atoms with Gasteiger partial charge in [-0.15, -0.1) is 5.10 Å². The average Bonchev–Trinajstić information content (AvgIpc) is 1.98. The van der Waals surface area contributed by atoms with Crippen molar-refractivity contribution in [3.63, 3.8) is 0 Å². The van der Waals surface area contributed by atoms with Crippen LogP contribution < -0.4 is 5.32 Å². The lowest BCUT2D eigenvalue weighted by Gasteiger charge is -1.97. The molecule has 0 aliphatic heterocycles. The molecular weight excluding hydrogens is 142 g/mol. The van der Waals surface area contributed by atoms with Gasteiger partial charge in [0, 0.05) is 0 Å². The third-order valence-corrected chi connectivity index (χ3v) is 1.26. The molecule has 0 saturated carbocycles. The number of rotatable bonds is 1. The van der Waals surface area contributed by atoms with E-state index in [1.165, 1.54) is 0 Å². The first-order chi connectivity index (χ1) is 5.24. The number of hydrogen-bond donors (Lipinski definition) is 1. The zero-order valence-corrected chi connectivity index (χ0v) is 6.29. The highest BCUT2D eigenvalue weighted by molar-refractivity contribution is 5.29. The topological polar surface area (TPSA) is 74.5 Å². The molecule has 56 valence electrons. The van der Waals surface area contributed by atoms with E-state index < -0.39 is 0 Å². The van der Waals surface area contributed by atoms with Gasteiger partial charge >= 0.3 is 0 Å². The van der Waals surface area contributed by atoms with Crippen molar-refractivity contribution in [1.29, 1.82) is 5.26 Å². The zero-order valence-electron chi connectivity index (χ0n) is 6.29. The quantitative estimate of drug-likeness (QED) is 0.461. The van der Waals surface area contributed by atoms with Crippen molar-refractivity contribution < 1.29 is 0 Å². The maximum atomic E-state index is 8.21. The van der Waals surface area contributed by atoms with E-state index in [9.17, 15) is 0 Å². The summed E-state index contributed by atoms with van der Waals surface area (Å²) in [6.45, 7) is 3.62.